The maximum atomic E-state index is 10.4. The molecule has 0 bridgehead atoms. The highest BCUT2D eigenvalue weighted by atomic mass is 16.4. The van der Waals surface area contributed by atoms with Gasteiger partial charge in [-0.3, -0.25) is 4.79 Å². The Bertz CT molecular complexity index is 327. The van der Waals surface area contributed by atoms with Crippen LogP contribution in [0.4, 0.5) is 0 Å². The highest BCUT2D eigenvalue weighted by Crippen LogP contribution is 2.20. The van der Waals surface area contributed by atoms with Gasteiger partial charge in [-0.15, -0.1) is 0 Å². The molecular formula is C10H9NO2. The Morgan fingerprint density at radius 3 is 2.54 bits per heavy atom. The molecule has 3 nitrogen and oxygen atoms in total. The molecule has 0 aromatic heterocycles. The molecule has 1 rings (SSSR count). The van der Waals surface area contributed by atoms with Gasteiger partial charge in [0.15, 0.2) is 0 Å². The average Bonchev–Trinajstić information content (AvgIpc) is 2.15. The van der Waals surface area contributed by atoms with Crippen LogP contribution in [0.5, 0.6) is 0 Å². The number of carboxylic acid groups (broad SMARTS) is 1. The molecule has 1 aromatic carbocycles. The normalized spacial score (nSPS) is 11.6. The number of benzene rings is 1. The number of carbonyl (C=O) groups is 1. The molecule has 1 aromatic rings. The first-order valence-electron chi connectivity index (χ1n) is 3.87. The van der Waals surface area contributed by atoms with Crippen LogP contribution in [0.3, 0.4) is 0 Å². The van der Waals surface area contributed by atoms with Crippen LogP contribution < -0.4 is 0 Å². The highest BCUT2D eigenvalue weighted by molar-refractivity contribution is 5.68. The molecule has 0 aliphatic heterocycles. The van der Waals surface area contributed by atoms with Gasteiger partial charge in [-0.1, -0.05) is 30.3 Å². The largest absolute Gasteiger partial charge is 0.481 e. The minimum atomic E-state index is -0.940. The van der Waals surface area contributed by atoms with Crippen LogP contribution in [0, 0.1) is 6.57 Å². The lowest BCUT2D eigenvalue weighted by Crippen LogP contribution is -2.02. The van der Waals surface area contributed by atoms with Gasteiger partial charge in [0.05, 0.1) is 0 Å². The predicted molar refractivity (Wildman–Crippen MR) is 48.0 cm³/mol. The Hall–Kier alpha value is -1.82. The summed E-state index contributed by atoms with van der Waals surface area (Å²) >= 11 is 0. The number of carboxylic acids is 1. The van der Waals surface area contributed by atoms with E-state index in [4.69, 9.17) is 11.7 Å². The molecule has 1 atom stereocenters. The third kappa shape index (κ3) is 2.60. The van der Waals surface area contributed by atoms with E-state index in [-0.39, 0.29) is 6.42 Å². The van der Waals surface area contributed by atoms with E-state index in [1.54, 1.807) is 24.3 Å². The van der Waals surface area contributed by atoms with E-state index in [0.29, 0.717) is 0 Å². The van der Waals surface area contributed by atoms with E-state index in [1.807, 2.05) is 6.07 Å². The van der Waals surface area contributed by atoms with E-state index in [0.717, 1.165) is 5.56 Å². The molecule has 0 radical (unpaired) electrons. The molecule has 66 valence electrons. The van der Waals surface area contributed by atoms with Gasteiger partial charge in [-0.25, -0.2) is 6.57 Å². The van der Waals surface area contributed by atoms with E-state index < -0.39 is 12.0 Å². The Labute approximate surface area is 76.4 Å². The molecule has 1 N–H and O–H groups in total. The maximum Gasteiger partial charge on any atom is 0.311 e. The zero-order chi connectivity index (χ0) is 9.68. The fourth-order valence-corrected chi connectivity index (χ4v) is 1.08. The Morgan fingerprint density at radius 1 is 1.46 bits per heavy atom. The van der Waals surface area contributed by atoms with Gasteiger partial charge >= 0.3 is 5.97 Å². The van der Waals surface area contributed by atoms with Gasteiger partial charge in [-0.05, 0) is 0 Å². The van der Waals surface area contributed by atoms with Crippen LogP contribution in [-0.4, -0.2) is 11.1 Å². The van der Waals surface area contributed by atoms with E-state index >= 15 is 0 Å². The zero-order valence-corrected chi connectivity index (χ0v) is 6.97. The second-order valence-corrected chi connectivity index (χ2v) is 2.65. The Morgan fingerprint density at radius 2 is 2.08 bits per heavy atom. The average molecular weight is 175 g/mol. The number of nitrogens with zero attached hydrogens (tertiary/aromatic N) is 1. The molecule has 0 saturated heterocycles. The van der Waals surface area contributed by atoms with E-state index in [9.17, 15) is 4.79 Å². The molecule has 0 saturated carbocycles. The highest BCUT2D eigenvalue weighted by Gasteiger charge is 2.18. The van der Waals surface area contributed by atoms with Crippen molar-refractivity contribution in [2.24, 2.45) is 0 Å². The standard InChI is InChI=1S/C10H9NO2/c1-11-9(7-10(12)13)8-5-3-2-4-6-8/h2-6,9H,7H2,(H,12,13). The van der Waals surface area contributed by atoms with Crippen molar-refractivity contribution in [2.75, 3.05) is 0 Å². The summed E-state index contributed by atoms with van der Waals surface area (Å²) in [5.74, 6) is -0.940. The lowest BCUT2D eigenvalue weighted by molar-refractivity contribution is -0.137. The van der Waals surface area contributed by atoms with Crippen LogP contribution in [-0.2, 0) is 4.79 Å². The second-order valence-electron chi connectivity index (χ2n) is 2.65. The van der Waals surface area contributed by atoms with Gasteiger partial charge in [-0.2, -0.15) is 0 Å². The van der Waals surface area contributed by atoms with Crippen molar-refractivity contribution >= 4 is 5.97 Å². The summed E-state index contributed by atoms with van der Waals surface area (Å²) in [5.41, 5.74) is 0.764. The molecule has 0 spiro atoms. The van der Waals surface area contributed by atoms with Gasteiger partial charge in [0, 0.05) is 5.56 Å². The summed E-state index contributed by atoms with van der Waals surface area (Å²) in [6.45, 7) is 6.85. The third-order valence-electron chi connectivity index (χ3n) is 1.71. The first-order valence-corrected chi connectivity index (χ1v) is 3.87. The Balaban J connectivity index is 2.80. The number of aliphatic carboxylic acids is 1. The summed E-state index contributed by atoms with van der Waals surface area (Å²) in [4.78, 5) is 13.7. The first kappa shape index (κ1) is 9.27. The van der Waals surface area contributed by atoms with Crippen molar-refractivity contribution in [3.8, 4) is 0 Å². The summed E-state index contributed by atoms with van der Waals surface area (Å²) in [6, 6.07) is 8.42. The fraction of sp³-hybridized carbons (Fsp3) is 0.200. The van der Waals surface area contributed by atoms with E-state index in [1.165, 1.54) is 0 Å². The number of rotatable bonds is 3. The zero-order valence-electron chi connectivity index (χ0n) is 6.97. The lowest BCUT2D eigenvalue weighted by Gasteiger charge is -2.01. The van der Waals surface area contributed by atoms with E-state index in [2.05, 4.69) is 4.85 Å². The minimum absolute atomic E-state index is 0.131. The lowest BCUT2D eigenvalue weighted by atomic mass is 10.1. The van der Waals surface area contributed by atoms with Crippen LogP contribution in [0.25, 0.3) is 4.85 Å². The predicted octanol–water partition coefficient (Wildman–Crippen LogP) is 2.12. The molecule has 13 heavy (non-hydrogen) atoms. The van der Waals surface area contributed by atoms with Gasteiger partial charge in [0.1, 0.15) is 6.42 Å². The van der Waals surface area contributed by atoms with Gasteiger partial charge < -0.3 is 9.95 Å². The molecule has 0 fully saturated rings. The van der Waals surface area contributed by atoms with Gasteiger partial charge in [0.2, 0.25) is 0 Å². The smallest absolute Gasteiger partial charge is 0.311 e. The first-order chi connectivity index (χ1) is 6.24. The SMILES string of the molecule is [C-]#[N+]C(CC(=O)O)c1ccccc1. The van der Waals surface area contributed by atoms with Crippen LogP contribution in [0.15, 0.2) is 30.3 Å². The summed E-state index contributed by atoms with van der Waals surface area (Å²) in [5, 5.41) is 8.53. The second kappa shape index (κ2) is 4.27. The summed E-state index contributed by atoms with van der Waals surface area (Å²) in [7, 11) is 0. The minimum Gasteiger partial charge on any atom is -0.481 e. The van der Waals surface area contributed by atoms with Crippen molar-refractivity contribution < 1.29 is 9.90 Å². The van der Waals surface area contributed by atoms with Crippen molar-refractivity contribution in [3.63, 3.8) is 0 Å². The fourth-order valence-electron chi connectivity index (χ4n) is 1.08. The molecule has 0 aliphatic rings. The van der Waals surface area contributed by atoms with Crippen molar-refractivity contribution in [1.82, 2.24) is 0 Å². The molecule has 0 aliphatic carbocycles. The maximum absolute atomic E-state index is 10.4. The third-order valence-corrected chi connectivity index (χ3v) is 1.71. The van der Waals surface area contributed by atoms with Gasteiger partial charge in [0.25, 0.3) is 6.04 Å². The van der Waals surface area contributed by atoms with Crippen LogP contribution in [0.2, 0.25) is 0 Å². The quantitative estimate of drug-likeness (QED) is 0.715. The molecular weight excluding hydrogens is 166 g/mol. The number of hydrogen-bond acceptors (Lipinski definition) is 1. The monoisotopic (exact) mass is 175 g/mol. The van der Waals surface area contributed by atoms with Crippen molar-refractivity contribution in [1.29, 1.82) is 0 Å². The topological polar surface area (TPSA) is 41.7 Å². The molecule has 3 heteroatoms. The van der Waals surface area contributed by atoms with Crippen LogP contribution in [0.1, 0.15) is 18.0 Å². The molecule has 0 heterocycles. The number of hydrogen-bond donors (Lipinski definition) is 1. The summed E-state index contributed by atoms with van der Waals surface area (Å²) < 4.78 is 0. The van der Waals surface area contributed by atoms with Crippen molar-refractivity contribution in [2.45, 2.75) is 12.5 Å². The summed E-state index contributed by atoms with van der Waals surface area (Å²) in [6.07, 6.45) is -0.131. The molecule has 1 unspecified atom stereocenters. The van der Waals surface area contributed by atoms with Crippen LogP contribution >= 0.6 is 0 Å². The molecule has 0 amide bonds. The Kier molecular flexibility index (Phi) is 3.04. The van der Waals surface area contributed by atoms with Crippen molar-refractivity contribution in [3.05, 3.63) is 47.3 Å².